The predicted molar refractivity (Wildman–Crippen MR) is 108 cm³/mol. The molecule has 4 heteroatoms. The van der Waals surface area contributed by atoms with Gasteiger partial charge < -0.3 is 16.8 Å². The minimum absolute atomic E-state index is 0.0134. The van der Waals surface area contributed by atoms with Gasteiger partial charge in [-0.15, -0.1) is 0 Å². The normalized spacial score (nSPS) is 12.1. The summed E-state index contributed by atoms with van der Waals surface area (Å²) in [5.41, 5.74) is 14.0. The van der Waals surface area contributed by atoms with Gasteiger partial charge in [-0.25, -0.2) is 0 Å². The first-order chi connectivity index (χ1) is 12.7. The van der Waals surface area contributed by atoms with Gasteiger partial charge in [0.2, 0.25) is 5.91 Å². The molecule has 1 atom stereocenters. The smallest absolute Gasteiger partial charge is 0.223 e. The molecule has 2 aromatic carbocycles. The van der Waals surface area contributed by atoms with Gasteiger partial charge in [0.25, 0.3) is 0 Å². The van der Waals surface area contributed by atoms with E-state index in [2.05, 4.69) is 29.6 Å². The van der Waals surface area contributed by atoms with Gasteiger partial charge in [0.1, 0.15) is 0 Å². The second-order valence-electron chi connectivity index (χ2n) is 6.83. The SMILES string of the molecule is NCCC(N)CNC(=O)C(CCc1ccccc1)CCc1ccccc1. The summed E-state index contributed by atoms with van der Waals surface area (Å²) in [6.45, 7) is 1.03. The van der Waals surface area contributed by atoms with Crippen LogP contribution in [-0.2, 0) is 17.6 Å². The van der Waals surface area contributed by atoms with Gasteiger partial charge in [-0.3, -0.25) is 4.79 Å². The van der Waals surface area contributed by atoms with E-state index in [0.717, 1.165) is 32.1 Å². The lowest BCUT2D eigenvalue weighted by molar-refractivity contribution is -0.125. The van der Waals surface area contributed by atoms with Crippen molar-refractivity contribution in [1.29, 1.82) is 0 Å². The highest BCUT2D eigenvalue weighted by Crippen LogP contribution is 2.17. The standard InChI is InChI=1S/C22H31N3O/c23-16-15-21(24)17-25-22(26)20(13-11-18-7-3-1-4-8-18)14-12-19-9-5-2-6-10-19/h1-10,20-21H,11-17,23-24H2,(H,25,26). The lowest BCUT2D eigenvalue weighted by Gasteiger charge is -2.19. The number of carbonyl (C=O) groups excluding carboxylic acids is 1. The molecule has 0 saturated heterocycles. The highest BCUT2D eigenvalue weighted by atomic mass is 16.1. The second kappa shape index (κ2) is 11.4. The Balaban J connectivity index is 1.91. The minimum atomic E-state index is -0.0761. The molecule has 5 N–H and O–H groups in total. The molecular formula is C22H31N3O. The zero-order chi connectivity index (χ0) is 18.6. The first-order valence-corrected chi connectivity index (χ1v) is 9.50. The summed E-state index contributed by atoms with van der Waals surface area (Å²) in [5, 5.41) is 3.02. The Hall–Kier alpha value is -2.17. The van der Waals surface area contributed by atoms with Gasteiger partial charge in [-0.2, -0.15) is 0 Å². The van der Waals surface area contributed by atoms with Gasteiger partial charge in [0.15, 0.2) is 0 Å². The number of hydrogen-bond acceptors (Lipinski definition) is 3. The lowest BCUT2D eigenvalue weighted by Crippen LogP contribution is -2.41. The van der Waals surface area contributed by atoms with Crippen molar-refractivity contribution in [2.24, 2.45) is 17.4 Å². The average Bonchev–Trinajstić information content (AvgIpc) is 2.68. The fourth-order valence-electron chi connectivity index (χ4n) is 3.07. The zero-order valence-corrected chi connectivity index (χ0v) is 15.4. The Morgan fingerprint density at radius 2 is 1.35 bits per heavy atom. The van der Waals surface area contributed by atoms with Crippen LogP contribution in [0.3, 0.4) is 0 Å². The van der Waals surface area contributed by atoms with Gasteiger partial charge in [0, 0.05) is 18.5 Å². The van der Waals surface area contributed by atoms with Crippen molar-refractivity contribution < 1.29 is 4.79 Å². The van der Waals surface area contributed by atoms with Gasteiger partial charge in [-0.1, -0.05) is 60.7 Å². The second-order valence-corrected chi connectivity index (χ2v) is 6.83. The van der Waals surface area contributed by atoms with Crippen LogP contribution < -0.4 is 16.8 Å². The molecule has 4 nitrogen and oxygen atoms in total. The molecule has 0 fully saturated rings. The number of benzene rings is 2. The number of nitrogens with one attached hydrogen (secondary N) is 1. The zero-order valence-electron chi connectivity index (χ0n) is 15.4. The minimum Gasteiger partial charge on any atom is -0.354 e. The van der Waals surface area contributed by atoms with Crippen molar-refractivity contribution in [2.75, 3.05) is 13.1 Å². The maximum Gasteiger partial charge on any atom is 0.223 e. The molecule has 0 heterocycles. The number of rotatable bonds is 11. The number of carbonyl (C=O) groups is 1. The van der Waals surface area contributed by atoms with Crippen LogP contribution >= 0.6 is 0 Å². The van der Waals surface area contributed by atoms with Gasteiger partial charge in [-0.05, 0) is 49.8 Å². The molecule has 2 rings (SSSR count). The summed E-state index contributed by atoms with van der Waals surface area (Å²) >= 11 is 0. The van der Waals surface area contributed by atoms with E-state index in [1.165, 1.54) is 11.1 Å². The molecule has 0 aromatic heterocycles. The molecular weight excluding hydrogens is 322 g/mol. The van der Waals surface area contributed by atoms with Crippen LogP contribution in [0.2, 0.25) is 0 Å². The lowest BCUT2D eigenvalue weighted by atomic mass is 9.92. The molecule has 0 aliphatic rings. The molecule has 26 heavy (non-hydrogen) atoms. The van der Waals surface area contributed by atoms with E-state index in [9.17, 15) is 4.79 Å². The van der Waals surface area contributed by atoms with Crippen molar-refractivity contribution >= 4 is 5.91 Å². The van der Waals surface area contributed by atoms with E-state index in [-0.39, 0.29) is 17.9 Å². The van der Waals surface area contributed by atoms with Gasteiger partial charge in [0.05, 0.1) is 0 Å². The van der Waals surface area contributed by atoms with E-state index in [4.69, 9.17) is 11.5 Å². The summed E-state index contributed by atoms with van der Waals surface area (Å²) in [6.07, 6.45) is 4.22. The number of amides is 1. The number of aryl methyl sites for hydroxylation is 2. The van der Waals surface area contributed by atoms with Crippen LogP contribution in [0.15, 0.2) is 60.7 Å². The summed E-state index contributed by atoms with van der Waals surface area (Å²) in [7, 11) is 0. The summed E-state index contributed by atoms with van der Waals surface area (Å²) < 4.78 is 0. The Labute approximate surface area is 157 Å². The van der Waals surface area contributed by atoms with E-state index in [1.807, 2.05) is 36.4 Å². The van der Waals surface area contributed by atoms with Gasteiger partial charge >= 0.3 is 0 Å². The van der Waals surface area contributed by atoms with Crippen molar-refractivity contribution in [3.05, 3.63) is 71.8 Å². The Morgan fingerprint density at radius 1 is 0.846 bits per heavy atom. The predicted octanol–water partition coefficient (Wildman–Crippen LogP) is 2.66. The van der Waals surface area contributed by atoms with Crippen LogP contribution in [0.1, 0.15) is 30.4 Å². The van der Waals surface area contributed by atoms with Crippen LogP contribution in [0.4, 0.5) is 0 Å². The van der Waals surface area contributed by atoms with Crippen molar-refractivity contribution in [2.45, 2.75) is 38.1 Å². The van der Waals surface area contributed by atoms with E-state index in [0.29, 0.717) is 13.1 Å². The Bertz CT molecular complexity index is 587. The van der Waals surface area contributed by atoms with E-state index >= 15 is 0 Å². The first kappa shape index (κ1) is 20.1. The molecule has 1 amide bonds. The largest absolute Gasteiger partial charge is 0.354 e. The quantitative estimate of drug-likeness (QED) is 0.581. The highest BCUT2D eigenvalue weighted by molar-refractivity contribution is 5.78. The molecule has 140 valence electrons. The maximum atomic E-state index is 12.7. The van der Waals surface area contributed by atoms with E-state index < -0.39 is 0 Å². The highest BCUT2D eigenvalue weighted by Gasteiger charge is 2.19. The third-order valence-corrected chi connectivity index (χ3v) is 4.70. The molecule has 0 radical (unpaired) electrons. The molecule has 2 aromatic rings. The fraction of sp³-hybridized carbons (Fsp3) is 0.409. The topological polar surface area (TPSA) is 81.1 Å². The molecule has 0 saturated carbocycles. The van der Waals surface area contributed by atoms with Crippen molar-refractivity contribution in [1.82, 2.24) is 5.32 Å². The Morgan fingerprint density at radius 3 is 1.81 bits per heavy atom. The third-order valence-electron chi connectivity index (χ3n) is 4.70. The third kappa shape index (κ3) is 7.38. The molecule has 0 spiro atoms. The molecule has 1 unspecified atom stereocenters. The monoisotopic (exact) mass is 353 g/mol. The van der Waals surface area contributed by atoms with Crippen LogP contribution in [0.25, 0.3) is 0 Å². The number of nitrogens with two attached hydrogens (primary N) is 2. The van der Waals surface area contributed by atoms with Crippen LogP contribution in [0.5, 0.6) is 0 Å². The first-order valence-electron chi connectivity index (χ1n) is 9.50. The van der Waals surface area contributed by atoms with Crippen molar-refractivity contribution in [3.63, 3.8) is 0 Å². The van der Waals surface area contributed by atoms with Crippen LogP contribution in [-0.4, -0.2) is 25.0 Å². The summed E-state index contributed by atoms with van der Waals surface area (Å²) in [6, 6.07) is 20.6. The van der Waals surface area contributed by atoms with E-state index in [1.54, 1.807) is 0 Å². The Kier molecular flexibility index (Phi) is 8.87. The average molecular weight is 354 g/mol. The molecule has 0 bridgehead atoms. The fourth-order valence-corrected chi connectivity index (χ4v) is 3.07. The van der Waals surface area contributed by atoms with Crippen molar-refractivity contribution in [3.8, 4) is 0 Å². The number of hydrogen-bond donors (Lipinski definition) is 3. The maximum absolute atomic E-state index is 12.7. The van der Waals surface area contributed by atoms with Crippen LogP contribution in [0, 0.1) is 5.92 Å². The summed E-state index contributed by atoms with van der Waals surface area (Å²) in [5.74, 6) is 0.0878. The molecule has 0 aliphatic heterocycles. The molecule has 0 aliphatic carbocycles. The summed E-state index contributed by atoms with van der Waals surface area (Å²) in [4.78, 5) is 12.7.